The Balaban J connectivity index is 2.06. The molecule has 0 atom stereocenters. The van der Waals surface area contributed by atoms with Gasteiger partial charge in [0.05, 0.1) is 0 Å². The third-order valence-corrected chi connectivity index (χ3v) is 2.64. The maximum atomic E-state index is 13.3. The van der Waals surface area contributed by atoms with E-state index in [-0.39, 0.29) is 17.7 Å². The van der Waals surface area contributed by atoms with Crippen LogP contribution in [0.15, 0.2) is 36.4 Å². The fourth-order valence-electron chi connectivity index (χ4n) is 1.58. The number of hydrogen-bond acceptors (Lipinski definition) is 1. The Labute approximate surface area is 112 Å². The van der Waals surface area contributed by atoms with Crippen molar-refractivity contribution in [3.05, 3.63) is 70.8 Å². The maximum absolute atomic E-state index is 13.3. The summed E-state index contributed by atoms with van der Waals surface area (Å²) in [5.41, 5.74) is -0.00578. The van der Waals surface area contributed by atoms with Gasteiger partial charge in [-0.05, 0) is 24.3 Å². The van der Waals surface area contributed by atoms with Crippen molar-refractivity contribution in [2.45, 2.75) is 6.54 Å². The first-order chi connectivity index (χ1) is 9.47. The minimum absolute atomic E-state index is 0.0855. The van der Waals surface area contributed by atoms with Gasteiger partial charge in [0.1, 0.15) is 11.6 Å². The fraction of sp³-hybridized carbons (Fsp3) is 0.0714. The fourth-order valence-corrected chi connectivity index (χ4v) is 1.58. The zero-order chi connectivity index (χ0) is 14.7. The Morgan fingerprint density at radius 1 is 0.900 bits per heavy atom. The number of carbonyl (C=O) groups excluding carboxylic acids is 1. The highest BCUT2D eigenvalue weighted by Gasteiger charge is 2.10. The molecule has 2 nitrogen and oxygen atoms in total. The van der Waals surface area contributed by atoms with E-state index in [0.717, 1.165) is 24.3 Å². The number of rotatable bonds is 3. The number of hydrogen-bond donors (Lipinski definition) is 1. The summed E-state index contributed by atoms with van der Waals surface area (Å²) < 4.78 is 51.7. The molecular weight excluding hydrogens is 274 g/mol. The van der Waals surface area contributed by atoms with Gasteiger partial charge in [-0.3, -0.25) is 4.79 Å². The molecule has 0 aliphatic carbocycles. The number of carbonyl (C=O) groups is 1. The first-order valence-electron chi connectivity index (χ1n) is 5.64. The van der Waals surface area contributed by atoms with Crippen LogP contribution in [-0.4, -0.2) is 5.91 Å². The van der Waals surface area contributed by atoms with Gasteiger partial charge < -0.3 is 5.32 Å². The lowest BCUT2D eigenvalue weighted by Gasteiger charge is -2.07. The first kappa shape index (κ1) is 14.0. The van der Waals surface area contributed by atoms with Crippen LogP contribution in [0, 0.1) is 23.3 Å². The molecule has 0 saturated heterocycles. The average Bonchev–Trinajstić information content (AvgIpc) is 2.40. The molecule has 6 heteroatoms. The Morgan fingerprint density at radius 3 is 2.30 bits per heavy atom. The maximum Gasteiger partial charge on any atom is 0.251 e. The van der Waals surface area contributed by atoms with E-state index in [0.29, 0.717) is 6.07 Å². The highest BCUT2D eigenvalue weighted by atomic mass is 19.2. The molecule has 0 fully saturated rings. The Kier molecular flexibility index (Phi) is 4.02. The van der Waals surface area contributed by atoms with Crippen LogP contribution in [0.1, 0.15) is 15.9 Å². The van der Waals surface area contributed by atoms with Crippen molar-refractivity contribution in [1.82, 2.24) is 5.32 Å². The van der Waals surface area contributed by atoms with Gasteiger partial charge in [-0.2, -0.15) is 0 Å². The van der Waals surface area contributed by atoms with Gasteiger partial charge in [0, 0.05) is 23.7 Å². The molecule has 0 saturated carbocycles. The lowest BCUT2D eigenvalue weighted by Crippen LogP contribution is -2.23. The van der Waals surface area contributed by atoms with E-state index in [2.05, 4.69) is 5.32 Å². The molecule has 104 valence electrons. The standard InChI is InChI=1S/C14H9F4NO/c15-10-3-1-9(12(17)6-10)7-19-14(20)8-2-4-11(16)13(18)5-8/h1-6H,7H2,(H,19,20). The predicted octanol–water partition coefficient (Wildman–Crippen LogP) is 3.17. The summed E-state index contributed by atoms with van der Waals surface area (Å²) >= 11 is 0. The molecule has 0 unspecified atom stereocenters. The van der Waals surface area contributed by atoms with Crippen molar-refractivity contribution in [2.75, 3.05) is 0 Å². The van der Waals surface area contributed by atoms with Crippen LogP contribution in [0.25, 0.3) is 0 Å². The van der Waals surface area contributed by atoms with E-state index in [1.165, 1.54) is 6.07 Å². The van der Waals surface area contributed by atoms with E-state index >= 15 is 0 Å². The molecule has 0 heterocycles. The zero-order valence-electron chi connectivity index (χ0n) is 10.1. The van der Waals surface area contributed by atoms with E-state index in [1.807, 2.05) is 0 Å². The smallest absolute Gasteiger partial charge is 0.251 e. The topological polar surface area (TPSA) is 29.1 Å². The lowest BCUT2D eigenvalue weighted by molar-refractivity contribution is 0.0950. The minimum Gasteiger partial charge on any atom is -0.348 e. The summed E-state index contributed by atoms with van der Waals surface area (Å²) in [4.78, 5) is 11.7. The summed E-state index contributed by atoms with van der Waals surface area (Å²) in [6, 6.07) is 5.61. The van der Waals surface area contributed by atoms with Crippen molar-refractivity contribution in [1.29, 1.82) is 0 Å². The van der Waals surface area contributed by atoms with Crippen LogP contribution in [0.5, 0.6) is 0 Å². The summed E-state index contributed by atoms with van der Waals surface area (Å²) in [6.07, 6.45) is 0. The van der Waals surface area contributed by atoms with Crippen LogP contribution in [-0.2, 0) is 6.54 Å². The second-order valence-electron chi connectivity index (χ2n) is 4.05. The minimum atomic E-state index is -1.15. The molecule has 0 aliphatic rings. The second-order valence-corrected chi connectivity index (χ2v) is 4.05. The monoisotopic (exact) mass is 283 g/mol. The number of nitrogens with one attached hydrogen (secondary N) is 1. The SMILES string of the molecule is O=C(NCc1ccc(F)cc1F)c1ccc(F)c(F)c1. The summed E-state index contributed by atoms with van der Waals surface area (Å²) in [5, 5.41) is 2.33. The number of halogens is 4. The molecular formula is C14H9F4NO. The van der Waals surface area contributed by atoms with Gasteiger partial charge in [-0.25, -0.2) is 17.6 Å². The molecule has 2 rings (SSSR count). The van der Waals surface area contributed by atoms with Crippen molar-refractivity contribution in [2.24, 2.45) is 0 Å². The van der Waals surface area contributed by atoms with Gasteiger partial charge in [0.25, 0.3) is 5.91 Å². The van der Waals surface area contributed by atoms with Crippen LogP contribution in [0.3, 0.4) is 0 Å². The van der Waals surface area contributed by atoms with Gasteiger partial charge in [0.2, 0.25) is 0 Å². The van der Waals surface area contributed by atoms with Crippen molar-refractivity contribution >= 4 is 5.91 Å². The summed E-state index contributed by atoms with van der Waals surface area (Å²) in [6.45, 7) is -0.191. The third-order valence-electron chi connectivity index (χ3n) is 2.64. The molecule has 0 aromatic heterocycles. The number of benzene rings is 2. The van der Waals surface area contributed by atoms with E-state index in [4.69, 9.17) is 0 Å². The van der Waals surface area contributed by atoms with E-state index in [1.54, 1.807) is 0 Å². The quantitative estimate of drug-likeness (QED) is 0.861. The molecule has 0 spiro atoms. The van der Waals surface area contributed by atoms with Crippen LogP contribution >= 0.6 is 0 Å². The number of amides is 1. The highest BCUT2D eigenvalue weighted by molar-refractivity contribution is 5.94. The molecule has 0 bridgehead atoms. The average molecular weight is 283 g/mol. The molecule has 20 heavy (non-hydrogen) atoms. The molecule has 2 aromatic rings. The Bertz CT molecular complexity index is 658. The van der Waals surface area contributed by atoms with Crippen molar-refractivity contribution < 1.29 is 22.4 Å². The van der Waals surface area contributed by atoms with Crippen LogP contribution < -0.4 is 5.32 Å². The van der Waals surface area contributed by atoms with Gasteiger partial charge in [0.15, 0.2) is 11.6 Å². The van der Waals surface area contributed by atoms with Crippen LogP contribution in [0.4, 0.5) is 17.6 Å². The third kappa shape index (κ3) is 3.14. The van der Waals surface area contributed by atoms with E-state index in [9.17, 15) is 22.4 Å². The predicted molar refractivity (Wildman–Crippen MR) is 63.9 cm³/mol. The molecule has 1 N–H and O–H groups in total. The normalized spacial score (nSPS) is 10.4. The van der Waals surface area contributed by atoms with Crippen molar-refractivity contribution in [3.63, 3.8) is 0 Å². The Hall–Kier alpha value is -2.37. The van der Waals surface area contributed by atoms with Gasteiger partial charge >= 0.3 is 0 Å². The second kappa shape index (κ2) is 5.73. The molecule has 0 radical (unpaired) electrons. The van der Waals surface area contributed by atoms with Gasteiger partial charge in [-0.1, -0.05) is 6.07 Å². The summed E-state index contributed by atoms with van der Waals surface area (Å²) in [7, 11) is 0. The largest absolute Gasteiger partial charge is 0.348 e. The van der Waals surface area contributed by atoms with Crippen LogP contribution in [0.2, 0.25) is 0 Å². The van der Waals surface area contributed by atoms with Gasteiger partial charge in [-0.15, -0.1) is 0 Å². The van der Waals surface area contributed by atoms with Crippen molar-refractivity contribution in [3.8, 4) is 0 Å². The Morgan fingerprint density at radius 2 is 1.65 bits per heavy atom. The van der Waals surface area contributed by atoms with E-state index < -0.39 is 29.2 Å². The molecule has 0 aliphatic heterocycles. The molecule has 1 amide bonds. The first-order valence-corrected chi connectivity index (χ1v) is 5.64. The lowest BCUT2D eigenvalue weighted by atomic mass is 10.1. The zero-order valence-corrected chi connectivity index (χ0v) is 10.1. The highest BCUT2D eigenvalue weighted by Crippen LogP contribution is 2.11. The summed E-state index contributed by atoms with van der Waals surface area (Å²) in [5.74, 6) is -4.42. The molecule has 2 aromatic carbocycles.